The Bertz CT molecular complexity index is 614. The largest absolute Gasteiger partial charge is 0.385 e. The highest BCUT2D eigenvalue weighted by Gasteiger charge is 2.08. The van der Waals surface area contributed by atoms with Crippen LogP contribution in [0.25, 0.3) is 0 Å². The number of carbonyl (C=O) groups is 1. The number of carbonyl (C=O) groups excluding carboxylic acids is 1. The van der Waals surface area contributed by atoms with E-state index >= 15 is 0 Å². The van der Waals surface area contributed by atoms with Gasteiger partial charge in [0.1, 0.15) is 5.69 Å². The van der Waals surface area contributed by atoms with Gasteiger partial charge in [0.05, 0.1) is 6.61 Å². The van der Waals surface area contributed by atoms with Crippen LogP contribution in [-0.4, -0.2) is 24.5 Å². The first-order valence-corrected chi connectivity index (χ1v) is 6.82. The van der Waals surface area contributed by atoms with Gasteiger partial charge in [0, 0.05) is 31.2 Å². The molecule has 0 aliphatic rings. The summed E-state index contributed by atoms with van der Waals surface area (Å²) in [6.45, 7) is 3.31. The van der Waals surface area contributed by atoms with Crippen molar-refractivity contribution in [2.45, 2.75) is 13.5 Å². The van der Waals surface area contributed by atoms with E-state index in [4.69, 9.17) is 4.74 Å². The molecule has 5 nitrogen and oxygen atoms in total. The van der Waals surface area contributed by atoms with E-state index in [1.165, 1.54) is 0 Å². The zero-order chi connectivity index (χ0) is 15.1. The minimum Gasteiger partial charge on any atom is -0.385 e. The molecule has 1 aromatic heterocycles. The molecule has 1 heterocycles. The second-order valence-corrected chi connectivity index (χ2v) is 4.55. The predicted molar refractivity (Wildman–Crippen MR) is 83.5 cm³/mol. The van der Waals surface area contributed by atoms with Gasteiger partial charge < -0.3 is 15.4 Å². The molecular weight excluding hydrogens is 266 g/mol. The summed E-state index contributed by atoms with van der Waals surface area (Å²) in [7, 11) is 1.64. The Kier molecular flexibility index (Phi) is 5.29. The van der Waals surface area contributed by atoms with Gasteiger partial charge in [-0.05, 0) is 36.8 Å². The molecule has 0 spiro atoms. The van der Waals surface area contributed by atoms with Crippen molar-refractivity contribution in [3.63, 3.8) is 0 Å². The van der Waals surface area contributed by atoms with E-state index in [-0.39, 0.29) is 5.91 Å². The molecular formula is C16H19N3O2. The van der Waals surface area contributed by atoms with E-state index in [1.54, 1.807) is 19.4 Å². The number of anilines is 2. The van der Waals surface area contributed by atoms with Crippen LogP contribution in [-0.2, 0) is 11.3 Å². The number of rotatable bonds is 6. The molecule has 0 atom stereocenters. The van der Waals surface area contributed by atoms with Crippen LogP contribution in [0.5, 0.6) is 0 Å². The van der Waals surface area contributed by atoms with Gasteiger partial charge in [-0.15, -0.1) is 0 Å². The molecule has 0 saturated heterocycles. The number of nitrogens with zero attached hydrogens (tertiary/aromatic N) is 1. The van der Waals surface area contributed by atoms with Gasteiger partial charge in [-0.3, -0.25) is 9.78 Å². The van der Waals surface area contributed by atoms with E-state index in [2.05, 4.69) is 15.6 Å². The molecule has 0 fully saturated rings. The number of amides is 1. The maximum atomic E-state index is 12.2. The molecule has 2 N–H and O–H groups in total. The second kappa shape index (κ2) is 7.40. The van der Waals surface area contributed by atoms with Crippen LogP contribution in [0.1, 0.15) is 23.0 Å². The minimum absolute atomic E-state index is 0.232. The zero-order valence-corrected chi connectivity index (χ0v) is 12.2. The standard InChI is InChI=1S/C16H19N3O2/c1-3-17-13-7-8-18-15(10-13)16(20)19-14-6-4-5-12(9-14)11-21-2/h4-10H,3,11H2,1-2H3,(H,17,18)(H,19,20). The monoisotopic (exact) mass is 285 g/mol. The molecule has 0 saturated carbocycles. The van der Waals surface area contributed by atoms with Gasteiger partial charge in [-0.25, -0.2) is 0 Å². The average Bonchev–Trinajstić information content (AvgIpc) is 2.48. The fourth-order valence-electron chi connectivity index (χ4n) is 1.97. The molecule has 0 unspecified atom stereocenters. The van der Waals surface area contributed by atoms with Gasteiger partial charge in [0.25, 0.3) is 5.91 Å². The molecule has 21 heavy (non-hydrogen) atoms. The van der Waals surface area contributed by atoms with Gasteiger partial charge >= 0.3 is 0 Å². The Balaban J connectivity index is 2.10. The van der Waals surface area contributed by atoms with Gasteiger partial charge in [-0.1, -0.05) is 12.1 Å². The summed E-state index contributed by atoms with van der Waals surface area (Å²) in [6.07, 6.45) is 1.62. The zero-order valence-electron chi connectivity index (χ0n) is 12.2. The van der Waals surface area contributed by atoms with E-state index in [9.17, 15) is 4.79 Å². The summed E-state index contributed by atoms with van der Waals surface area (Å²) in [5.41, 5.74) is 2.99. The summed E-state index contributed by atoms with van der Waals surface area (Å²) in [5, 5.41) is 6.00. The van der Waals surface area contributed by atoms with Crippen LogP contribution < -0.4 is 10.6 Å². The van der Waals surface area contributed by atoms with E-state index in [0.29, 0.717) is 12.3 Å². The molecule has 1 amide bonds. The third kappa shape index (κ3) is 4.29. The van der Waals surface area contributed by atoms with Crippen molar-refractivity contribution >= 4 is 17.3 Å². The van der Waals surface area contributed by atoms with Crippen molar-refractivity contribution in [3.8, 4) is 0 Å². The first-order chi connectivity index (χ1) is 10.2. The summed E-state index contributed by atoms with van der Waals surface area (Å²) in [6, 6.07) is 11.1. The first kappa shape index (κ1) is 15.0. The lowest BCUT2D eigenvalue weighted by molar-refractivity contribution is 0.102. The average molecular weight is 285 g/mol. The van der Waals surface area contributed by atoms with E-state index in [0.717, 1.165) is 23.5 Å². The molecule has 0 aliphatic carbocycles. The number of methoxy groups -OCH3 is 1. The lowest BCUT2D eigenvalue weighted by Crippen LogP contribution is -2.14. The van der Waals surface area contributed by atoms with Crippen LogP contribution in [0.3, 0.4) is 0 Å². The van der Waals surface area contributed by atoms with Crippen molar-refractivity contribution in [2.75, 3.05) is 24.3 Å². The number of aromatic nitrogens is 1. The number of pyridine rings is 1. The Hall–Kier alpha value is -2.40. The normalized spacial score (nSPS) is 10.2. The van der Waals surface area contributed by atoms with Gasteiger partial charge in [0.15, 0.2) is 0 Å². The SMILES string of the molecule is CCNc1ccnc(C(=O)Nc2cccc(COC)c2)c1. The van der Waals surface area contributed by atoms with E-state index in [1.807, 2.05) is 37.3 Å². The fraction of sp³-hybridized carbons (Fsp3) is 0.250. The Morgan fingerprint density at radius 1 is 1.24 bits per heavy atom. The molecule has 110 valence electrons. The first-order valence-electron chi connectivity index (χ1n) is 6.82. The number of nitrogens with one attached hydrogen (secondary N) is 2. The lowest BCUT2D eigenvalue weighted by Gasteiger charge is -2.08. The maximum Gasteiger partial charge on any atom is 0.274 e. The van der Waals surface area contributed by atoms with Crippen LogP contribution in [0.15, 0.2) is 42.6 Å². The number of ether oxygens (including phenoxy) is 1. The number of benzene rings is 1. The van der Waals surface area contributed by atoms with Crippen molar-refractivity contribution in [1.29, 1.82) is 0 Å². The highest BCUT2D eigenvalue weighted by molar-refractivity contribution is 6.03. The van der Waals surface area contributed by atoms with Gasteiger partial charge in [0.2, 0.25) is 0 Å². The predicted octanol–water partition coefficient (Wildman–Crippen LogP) is 2.91. The Morgan fingerprint density at radius 3 is 2.86 bits per heavy atom. The highest BCUT2D eigenvalue weighted by atomic mass is 16.5. The van der Waals surface area contributed by atoms with Crippen molar-refractivity contribution in [3.05, 3.63) is 53.9 Å². The minimum atomic E-state index is -0.232. The Morgan fingerprint density at radius 2 is 2.10 bits per heavy atom. The summed E-state index contributed by atoms with van der Waals surface area (Å²) in [4.78, 5) is 16.3. The van der Waals surface area contributed by atoms with Crippen LogP contribution >= 0.6 is 0 Å². The van der Waals surface area contributed by atoms with Crippen LogP contribution in [0, 0.1) is 0 Å². The molecule has 0 bridgehead atoms. The molecule has 1 aromatic carbocycles. The molecule has 0 aliphatic heterocycles. The smallest absolute Gasteiger partial charge is 0.274 e. The number of hydrogen-bond acceptors (Lipinski definition) is 4. The number of hydrogen-bond donors (Lipinski definition) is 2. The fourth-order valence-corrected chi connectivity index (χ4v) is 1.97. The van der Waals surface area contributed by atoms with Crippen molar-refractivity contribution in [1.82, 2.24) is 4.98 Å². The summed E-state index contributed by atoms with van der Waals surface area (Å²) < 4.78 is 5.08. The van der Waals surface area contributed by atoms with Crippen molar-refractivity contribution in [2.24, 2.45) is 0 Å². The third-order valence-corrected chi connectivity index (χ3v) is 2.87. The summed E-state index contributed by atoms with van der Waals surface area (Å²) in [5.74, 6) is -0.232. The summed E-state index contributed by atoms with van der Waals surface area (Å²) >= 11 is 0. The third-order valence-electron chi connectivity index (χ3n) is 2.87. The molecule has 5 heteroatoms. The molecule has 2 aromatic rings. The molecule has 0 radical (unpaired) electrons. The maximum absolute atomic E-state index is 12.2. The second-order valence-electron chi connectivity index (χ2n) is 4.55. The topological polar surface area (TPSA) is 63.2 Å². The van der Waals surface area contributed by atoms with E-state index < -0.39 is 0 Å². The molecule has 2 rings (SSSR count). The van der Waals surface area contributed by atoms with Crippen LogP contribution in [0.2, 0.25) is 0 Å². The Labute approximate surface area is 124 Å². The highest BCUT2D eigenvalue weighted by Crippen LogP contribution is 2.14. The lowest BCUT2D eigenvalue weighted by atomic mass is 10.2. The quantitative estimate of drug-likeness (QED) is 0.856. The van der Waals surface area contributed by atoms with Crippen molar-refractivity contribution < 1.29 is 9.53 Å². The van der Waals surface area contributed by atoms with Gasteiger partial charge in [-0.2, -0.15) is 0 Å². The van der Waals surface area contributed by atoms with Crippen LogP contribution in [0.4, 0.5) is 11.4 Å².